The van der Waals surface area contributed by atoms with Crippen LogP contribution in [0.2, 0.25) is 5.02 Å². The summed E-state index contributed by atoms with van der Waals surface area (Å²) in [6.45, 7) is 1.29. The van der Waals surface area contributed by atoms with Gasteiger partial charge in [-0.1, -0.05) is 30.2 Å². The van der Waals surface area contributed by atoms with Gasteiger partial charge in [0.15, 0.2) is 5.65 Å². The minimum absolute atomic E-state index is 0.112. The van der Waals surface area contributed by atoms with Crippen LogP contribution in [0.4, 0.5) is 0 Å². The van der Waals surface area contributed by atoms with Crippen molar-refractivity contribution in [3.8, 4) is 0 Å². The summed E-state index contributed by atoms with van der Waals surface area (Å²) in [5, 5.41) is 4.87. The van der Waals surface area contributed by atoms with Crippen molar-refractivity contribution < 1.29 is 8.42 Å². The summed E-state index contributed by atoms with van der Waals surface area (Å²) in [6, 6.07) is 10.3. The third-order valence-corrected chi connectivity index (χ3v) is 6.84. The van der Waals surface area contributed by atoms with Crippen molar-refractivity contribution in [2.75, 3.05) is 13.1 Å². The number of nitrogens with zero attached hydrogens (tertiary/aromatic N) is 4. The number of benzene rings is 1. The molecule has 0 atom stereocenters. The fourth-order valence-corrected chi connectivity index (χ4v) is 5.05. The Hall–Kier alpha value is -2.16. The van der Waals surface area contributed by atoms with E-state index < -0.39 is 10.0 Å². The van der Waals surface area contributed by atoms with Crippen LogP contribution in [0.15, 0.2) is 52.3 Å². The van der Waals surface area contributed by atoms with Crippen LogP contribution in [0, 0.1) is 0 Å². The number of piperidine rings is 1. The second-order valence-electron chi connectivity index (χ2n) is 6.63. The van der Waals surface area contributed by atoms with E-state index in [0.717, 1.165) is 24.8 Å². The van der Waals surface area contributed by atoms with Crippen molar-refractivity contribution in [1.82, 2.24) is 18.5 Å². The van der Waals surface area contributed by atoms with E-state index in [-0.39, 0.29) is 17.1 Å². The van der Waals surface area contributed by atoms with Gasteiger partial charge in [0.1, 0.15) is 0 Å². The van der Waals surface area contributed by atoms with Gasteiger partial charge in [-0.25, -0.2) is 22.3 Å². The number of hydrogen-bond donors (Lipinski definition) is 0. The van der Waals surface area contributed by atoms with Gasteiger partial charge in [0, 0.05) is 24.3 Å². The summed E-state index contributed by atoms with van der Waals surface area (Å²) in [6.07, 6.45) is 4.13. The van der Waals surface area contributed by atoms with Crippen molar-refractivity contribution in [3.05, 3.63) is 63.7 Å². The summed E-state index contributed by atoms with van der Waals surface area (Å²) in [5.41, 5.74) is 0.856. The SMILES string of the molecule is O=c1n(Cc2cccc(Cl)c2)nc2ccc(S(=O)(=O)N3CCCCC3)cn12. The molecule has 7 nitrogen and oxygen atoms in total. The molecule has 1 aliphatic heterocycles. The van der Waals surface area contributed by atoms with Gasteiger partial charge in [-0.15, -0.1) is 5.10 Å². The van der Waals surface area contributed by atoms with Crippen LogP contribution in [-0.2, 0) is 16.6 Å². The highest BCUT2D eigenvalue weighted by molar-refractivity contribution is 7.89. The normalized spacial score (nSPS) is 16.0. The first-order valence-electron chi connectivity index (χ1n) is 8.79. The molecule has 1 saturated heterocycles. The van der Waals surface area contributed by atoms with Gasteiger partial charge in [-0.2, -0.15) is 4.31 Å². The van der Waals surface area contributed by atoms with Crippen molar-refractivity contribution in [3.63, 3.8) is 0 Å². The van der Waals surface area contributed by atoms with Gasteiger partial charge in [0.05, 0.1) is 11.4 Å². The lowest BCUT2D eigenvalue weighted by molar-refractivity contribution is 0.346. The molecule has 4 rings (SSSR count). The predicted molar refractivity (Wildman–Crippen MR) is 103 cm³/mol. The number of sulfonamides is 1. The van der Waals surface area contributed by atoms with Crippen molar-refractivity contribution in [1.29, 1.82) is 0 Å². The van der Waals surface area contributed by atoms with E-state index in [9.17, 15) is 13.2 Å². The zero-order chi connectivity index (χ0) is 19.0. The first-order valence-corrected chi connectivity index (χ1v) is 10.6. The third-order valence-electron chi connectivity index (χ3n) is 4.72. The van der Waals surface area contributed by atoms with Crippen LogP contribution >= 0.6 is 11.6 Å². The van der Waals surface area contributed by atoms with Crippen LogP contribution in [0.3, 0.4) is 0 Å². The van der Waals surface area contributed by atoms with Crippen molar-refractivity contribution in [2.45, 2.75) is 30.7 Å². The third kappa shape index (κ3) is 3.52. The van der Waals surface area contributed by atoms with E-state index in [4.69, 9.17) is 11.6 Å². The maximum Gasteiger partial charge on any atom is 0.350 e. The molecule has 142 valence electrons. The first kappa shape index (κ1) is 18.2. The molecule has 0 spiro atoms. The van der Waals surface area contributed by atoms with Gasteiger partial charge in [-0.05, 0) is 42.7 Å². The molecular formula is C18H19ClN4O3S. The van der Waals surface area contributed by atoms with E-state index in [0.29, 0.717) is 23.8 Å². The fraction of sp³-hybridized carbons (Fsp3) is 0.333. The monoisotopic (exact) mass is 406 g/mol. The maximum atomic E-state index is 12.8. The molecule has 0 unspecified atom stereocenters. The first-order chi connectivity index (χ1) is 12.9. The van der Waals surface area contributed by atoms with Gasteiger partial charge in [0.2, 0.25) is 10.0 Å². The minimum atomic E-state index is -3.61. The average Bonchev–Trinajstić information content (AvgIpc) is 2.98. The smallest absolute Gasteiger partial charge is 0.249 e. The highest BCUT2D eigenvalue weighted by Gasteiger charge is 2.26. The molecule has 0 bridgehead atoms. The van der Waals surface area contributed by atoms with E-state index in [1.54, 1.807) is 18.2 Å². The van der Waals surface area contributed by atoms with E-state index in [1.165, 1.54) is 25.7 Å². The average molecular weight is 407 g/mol. The Morgan fingerprint density at radius 2 is 1.85 bits per heavy atom. The Balaban J connectivity index is 1.70. The van der Waals surface area contributed by atoms with E-state index >= 15 is 0 Å². The van der Waals surface area contributed by atoms with Crippen molar-refractivity contribution in [2.24, 2.45) is 0 Å². The Labute approximate surface area is 161 Å². The Kier molecular flexibility index (Phi) is 4.79. The van der Waals surface area contributed by atoms with Crippen LogP contribution in [0.1, 0.15) is 24.8 Å². The number of fused-ring (bicyclic) bond motifs is 1. The highest BCUT2D eigenvalue weighted by atomic mass is 35.5. The predicted octanol–water partition coefficient (Wildman–Crippen LogP) is 2.37. The number of pyridine rings is 1. The topological polar surface area (TPSA) is 76.7 Å². The van der Waals surface area contributed by atoms with Crippen LogP contribution in [-0.4, -0.2) is 40.0 Å². The zero-order valence-corrected chi connectivity index (χ0v) is 16.2. The lowest BCUT2D eigenvalue weighted by Crippen LogP contribution is -2.35. The second kappa shape index (κ2) is 7.10. The summed E-state index contributed by atoms with van der Waals surface area (Å²) in [4.78, 5) is 12.8. The lowest BCUT2D eigenvalue weighted by Gasteiger charge is -2.25. The van der Waals surface area contributed by atoms with Gasteiger partial charge in [-0.3, -0.25) is 0 Å². The summed E-state index contributed by atoms with van der Waals surface area (Å²) >= 11 is 5.99. The molecule has 27 heavy (non-hydrogen) atoms. The molecule has 1 aliphatic rings. The highest BCUT2D eigenvalue weighted by Crippen LogP contribution is 2.20. The van der Waals surface area contributed by atoms with E-state index in [1.807, 2.05) is 12.1 Å². The molecule has 0 aliphatic carbocycles. The fourth-order valence-electron chi connectivity index (χ4n) is 3.32. The zero-order valence-electron chi connectivity index (χ0n) is 14.6. The van der Waals surface area contributed by atoms with Gasteiger partial charge in [0.25, 0.3) is 0 Å². The number of aromatic nitrogens is 3. The Bertz CT molecular complexity index is 1150. The Morgan fingerprint density at radius 3 is 2.59 bits per heavy atom. The number of hydrogen-bond acceptors (Lipinski definition) is 4. The second-order valence-corrected chi connectivity index (χ2v) is 9.00. The minimum Gasteiger partial charge on any atom is -0.249 e. The molecular weight excluding hydrogens is 388 g/mol. The van der Waals surface area contributed by atoms with Gasteiger partial charge >= 0.3 is 5.69 Å². The molecule has 0 N–H and O–H groups in total. The summed E-state index contributed by atoms with van der Waals surface area (Å²) in [7, 11) is -3.61. The van der Waals surface area contributed by atoms with Crippen LogP contribution in [0.5, 0.6) is 0 Å². The number of rotatable bonds is 4. The quantitative estimate of drug-likeness (QED) is 0.666. The molecule has 2 aromatic heterocycles. The van der Waals surface area contributed by atoms with Crippen LogP contribution < -0.4 is 5.69 Å². The molecule has 0 saturated carbocycles. The largest absolute Gasteiger partial charge is 0.350 e. The lowest BCUT2D eigenvalue weighted by atomic mass is 10.2. The summed E-state index contributed by atoms with van der Waals surface area (Å²) in [5.74, 6) is 0. The molecule has 0 radical (unpaired) electrons. The molecule has 3 aromatic rings. The summed E-state index contributed by atoms with van der Waals surface area (Å²) < 4.78 is 29.8. The molecule has 0 amide bonds. The standard InChI is InChI=1S/C18H19ClN4O3S/c19-15-6-4-5-14(11-15)12-23-18(24)22-13-16(7-8-17(22)20-23)27(25,26)21-9-2-1-3-10-21/h4-8,11,13H,1-3,9-10,12H2. The molecule has 3 heterocycles. The molecule has 1 aromatic carbocycles. The van der Waals surface area contributed by atoms with Crippen LogP contribution in [0.25, 0.3) is 5.65 Å². The molecule has 9 heteroatoms. The molecule has 1 fully saturated rings. The maximum absolute atomic E-state index is 12.8. The van der Waals surface area contributed by atoms with Gasteiger partial charge < -0.3 is 0 Å². The van der Waals surface area contributed by atoms with E-state index in [2.05, 4.69) is 5.10 Å². The number of halogens is 1. The van der Waals surface area contributed by atoms with Crippen molar-refractivity contribution >= 4 is 27.3 Å². The Morgan fingerprint density at radius 1 is 1.07 bits per heavy atom.